The molecule has 0 N–H and O–H groups in total. The van der Waals surface area contributed by atoms with Crippen LogP contribution in [-0.4, -0.2) is 16.7 Å². The van der Waals surface area contributed by atoms with E-state index in [4.69, 9.17) is 4.74 Å². The van der Waals surface area contributed by atoms with E-state index in [0.29, 0.717) is 17.7 Å². The molecule has 4 nitrogen and oxygen atoms in total. The maximum absolute atomic E-state index is 13.2. The lowest BCUT2D eigenvalue weighted by molar-refractivity contribution is 0.418. The van der Waals surface area contributed by atoms with Crippen LogP contribution in [0.5, 0.6) is 5.75 Å². The molecule has 0 fully saturated rings. The van der Waals surface area contributed by atoms with Crippen LogP contribution in [0.15, 0.2) is 53.5 Å². The molecule has 0 saturated carbocycles. The van der Waals surface area contributed by atoms with Gasteiger partial charge in [-0.05, 0) is 25.1 Å². The predicted octanol–water partition coefficient (Wildman–Crippen LogP) is 3.98. The summed E-state index contributed by atoms with van der Waals surface area (Å²) in [6.45, 7) is 2.43. The fourth-order valence-corrected chi connectivity index (χ4v) is 4.26. The highest BCUT2D eigenvalue weighted by Crippen LogP contribution is 2.38. The Morgan fingerprint density at radius 1 is 1.17 bits per heavy atom. The van der Waals surface area contributed by atoms with Gasteiger partial charge < -0.3 is 9.30 Å². The van der Waals surface area contributed by atoms with E-state index in [0.717, 1.165) is 26.2 Å². The molecule has 24 heavy (non-hydrogen) atoms. The molecule has 0 aliphatic carbocycles. The van der Waals surface area contributed by atoms with Crippen molar-refractivity contribution >= 4 is 32.3 Å². The van der Waals surface area contributed by atoms with E-state index < -0.39 is 0 Å². The van der Waals surface area contributed by atoms with Gasteiger partial charge >= 0.3 is 0 Å². The number of para-hydroxylation sites is 1. The molecule has 0 unspecified atom stereocenters. The number of hydrogen-bond acceptors (Lipinski definition) is 4. The van der Waals surface area contributed by atoms with E-state index >= 15 is 0 Å². The van der Waals surface area contributed by atoms with Crippen molar-refractivity contribution in [3.8, 4) is 5.75 Å². The van der Waals surface area contributed by atoms with Crippen molar-refractivity contribution in [1.82, 2.24) is 9.55 Å². The number of hydrogen-bond donors (Lipinski definition) is 0. The van der Waals surface area contributed by atoms with Gasteiger partial charge in [0.15, 0.2) is 0 Å². The SMILES string of the molecule is COc1c(C)sc2c1c(=O)n(Cc1ccccn1)c1ccccc21. The average Bonchev–Trinajstić information content (AvgIpc) is 2.96. The van der Waals surface area contributed by atoms with Crippen molar-refractivity contribution < 1.29 is 4.74 Å². The molecule has 0 aliphatic heterocycles. The monoisotopic (exact) mass is 336 g/mol. The van der Waals surface area contributed by atoms with Crippen molar-refractivity contribution in [2.24, 2.45) is 0 Å². The Kier molecular flexibility index (Phi) is 3.58. The molecular weight excluding hydrogens is 320 g/mol. The number of aryl methyl sites for hydroxylation is 1. The van der Waals surface area contributed by atoms with Gasteiger partial charge in [-0.15, -0.1) is 11.3 Å². The highest BCUT2D eigenvalue weighted by atomic mass is 32.1. The summed E-state index contributed by atoms with van der Waals surface area (Å²) in [5.74, 6) is 0.681. The van der Waals surface area contributed by atoms with E-state index in [1.807, 2.05) is 43.3 Å². The number of ether oxygens (including phenoxy) is 1. The van der Waals surface area contributed by atoms with Gasteiger partial charge in [0, 0.05) is 16.5 Å². The van der Waals surface area contributed by atoms with Crippen LogP contribution in [0.4, 0.5) is 0 Å². The lowest BCUT2D eigenvalue weighted by Crippen LogP contribution is -2.21. The van der Waals surface area contributed by atoms with Crippen LogP contribution in [0.25, 0.3) is 21.0 Å². The van der Waals surface area contributed by atoms with Gasteiger partial charge in [0.25, 0.3) is 5.56 Å². The van der Waals surface area contributed by atoms with Crippen LogP contribution in [-0.2, 0) is 6.54 Å². The molecule has 120 valence electrons. The van der Waals surface area contributed by atoms with E-state index in [1.165, 1.54) is 0 Å². The van der Waals surface area contributed by atoms with Crippen LogP contribution in [0, 0.1) is 6.92 Å². The van der Waals surface area contributed by atoms with Crippen molar-refractivity contribution in [3.63, 3.8) is 0 Å². The fourth-order valence-electron chi connectivity index (χ4n) is 3.12. The summed E-state index contributed by atoms with van der Waals surface area (Å²) in [7, 11) is 1.62. The van der Waals surface area contributed by atoms with E-state index in [1.54, 1.807) is 29.2 Å². The standard InChI is InChI=1S/C19H16N2O2S/c1-12-17(23-2)16-18(24-12)14-8-3-4-9-15(14)21(19(16)22)11-13-7-5-6-10-20-13/h3-10H,11H2,1-2H3. The number of pyridine rings is 2. The Labute approximate surface area is 143 Å². The molecule has 0 saturated heterocycles. The molecule has 0 spiro atoms. The summed E-state index contributed by atoms with van der Waals surface area (Å²) >= 11 is 1.61. The van der Waals surface area contributed by atoms with Crippen LogP contribution in [0.1, 0.15) is 10.6 Å². The number of fused-ring (bicyclic) bond motifs is 3. The summed E-state index contributed by atoms with van der Waals surface area (Å²) in [4.78, 5) is 18.6. The summed E-state index contributed by atoms with van der Waals surface area (Å²) in [6, 6.07) is 13.7. The molecule has 4 aromatic rings. The predicted molar refractivity (Wildman–Crippen MR) is 98.2 cm³/mol. The molecule has 0 aliphatic rings. The van der Waals surface area contributed by atoms with Gasteiger partial charge in [-0.3, -0.25) is 9.78 Å². The van der Waals surface area contributed by atoms with Gasteiger partial charge in [0.1, 0.15) is 11.1 Å². The molecule has 3 aromatic heterocycles. The normalized spacial score (nSPS) is 11.2. The van der Waals surface area contributed by atoms with Crippen LogP contribution < -0.4 is 10.3 Å². The third-order valence-corrected chi connectivity index (χ3v) is 5.30. The second-order valence-corrected chi connectivity index (χ2v) is 6.85. The Morgan fingerprint density at radius 3 is 2.71 bits per heavy atom. The highest BCUT2D eigenvalue weighted by Gasteiger charge is 2.19. The van der Waals surface area contributed by atoms with E-state index in [2.05, 4.69) is 11.1 Å². The van der Waals surface area contributed by atoms with Crippen LogP contribution in [0.3, 0.4) is 0 Å². The minimum Gasteiger partial charge on any atom is -0.495 e. The van der Waals surface area contributed by atoms with Crippen molar-refractivity contribution in [1.29, 1.82) is 0 Å². The van der Waals surface area contributed by atoms with Gasteiger partial charge in [-0.2, -0.15) is 0 Å². The number of methoxy groups -OCH3 is 1. The maximum Gasteiger partial charge on any atom is 0.263 e. The van der Waals surface area contributed by atoms with Crippen LogP contribution >= 0.6 is 11.3 Å². The first-order chi connectivity index (χ1) is 11.7. The van der Waals surface area contributed by atoms with Crippen molar-refractivity contribution in [2.45, 2.75) is 13.5 Å². The second kappa shape index (κ2) is 5.76. The quantitative estimate of drug-likeness (QED) is 0.568. The minimum atomic E-state index is -0.0319. The molecule has 0 radical (unpaired) electrons. The molecule has 5 heteroatoms. The molecule has 4 rings (SSSR count). The Balaban J connectivity index is 2.11. The lowest BCUT2D eigenvalue weighted by Gasteiger charge is -2.11. The Bertz CT molecular complexity index is 1100. The molecule has 0 amide bonds. The fraction of sp³-hybridized carbons (Fsp3) is 0.158. The first-order valence-electron chi connectivity index (χ1n) is 7.69. The van der Waals surface area contributed by atoms with Gasteiger partial charge in [-0.1, -0.05) is 24.3 Å². The molecule has 0 bridgehead atoms. The summed E-state index contributed by atoms with van der Waals surface area (Å²) in [6.07, 6.45) is 1.75. The Hall–Kier alpha value is -2.66. The summed E-state index contributed by atoms with van der Waals surface area (Å²) < 4.78 is 8.29. The average molecular weight is 336 g/mol. The first kappa shape index (κ1) is 14.9. The van der Waals surface area contributed by atoms with E-state index in [-0.39, 0.29) is 5.56 Å². The molecule has 0 atom stereocenters. The number of benzene rings is 1. The molecular formula is C19H16N2O2S. The van der Waals surface area contributed by atoms with Crippen molar-refractivity contribution in [3.05, 3.63) is 69.6 Å². The van der Waals surface area contributed by atoms with Crippen molar-refractivity contribution in [2.75, 3.05) is 7.11 Å². The largest absolute Gasteiger partial charge is 0.495 e. The minimum absolute atomic E-state index is 0.0319. The number of nitrogens with zero attached hydrogens (tertiary/aromatic N) is 2. The topological polar surface area (TPSA) is 44.1 Å². The van der Waals surface area contributed by atoms with Gasteiger partial charge in [0.05, 0.1) is 29.6 Å². The Morgan fingerprint density at radius 2 is 1.96 bits per heavy atom. The van der Waals surface area contributed by atoms with Gasteiger partial charge in [-0.25, -0.2) is 0 Å². The number of rotatable bonds is 3. The second-order valence-electron chi connectivity index (χ2n) is 5.63. The number of thiophene rings is 1. The molecule has 1 aromatic carbocycles. The van der Waals surface area contributed by atoms with E-state index in [9.17, 15) is 4.79 Å². The third-order valence-electron chi connectivity index (χ3n) is 4.18. The lowest BCUT2D eigenvalue weighted by atomic mass is 10.1. The zero-order chi connectivity index (χ0) is 16.7. The zero-order valence-corrected chi connectivity index (χ0v) is 14.3. The summed E-state index contributed by atoms with van der Waals surface area (Å²) in [5, 5.41) is 1.73. The zero-order valence-electron chi connectivity index (χ0n) is 13.4. The third kappa shape index (κ3) is 2.20. The van der Waals surface area contributed by atoms with Crippen LogP contribution in [0.2, 0.25) is 0 Å². The highest BCUT2D eigenvalue weighted by molar-refractivity contribution is 7.20. The molecule has 3 heterocycles. The smallest absolute Gasteiger partial charge is 0.263 e. The van der Waals surface area contributed by atoms with Gasteiger partial charge in [0.2, 0.25) is 0 Å². The number of aromatic nitrogens is 2. The first-order valence-corrected chi connectivity index (χ1v) is 8.51. The maximum atomic E-state index is 13.2. The summed E-state index contributed by atoms with van der Waals surface area (Å²) in [5.41, 5.74) is 1.75.